The predicted octanol–water partition coefficient (Wildman–Crippen LogP) is 1.95. The molecule has 0 saturated carbocycles. The van der Waals surface area contributed by atoms with Crippen molar-refractivity contribution in [1.82, 2.24) is 9.97 Å². The summed E-state index contributed by atoms with van der Waals surface area (Å²) in [6.45, 7) is -0.712. The topological polar surface area (TPSA) is 112 Å². The molecule has 1 unspecified atom stereocenters. The van der Waals surface area contributed by atoms with Crippen LogP contribution in [0.25, 0.3) is 0 Å². The third-order valence-electron chi connectivity index (χ3n) is 3.60. The molecule has 0 aliphatic carbocycles. The fourth-order valence-electron chi connectivity index (χ4n) is 2.39. The van der Waals surface area contributed by atoms with E-state index in [0.29, 0.717) is 24.3 Å². The van der Waals surface area contributed by atoms with Crippen molar-refractivity contribution in [3.63, 3.8) is 0 Å². The van der Waals surface area contributed by atoms with Crippen molar-refractivity contribution < 1.29 is 23.0 Å². The Labute approximate surface area is 147 Å². The zero-order valence-electron chi connectivity index (χ0n) is 13.5. The van der Waals surface area contributed by atoms with Crippen LogP contribution in [0.2, 0.25) is 0 Å². The van der Waals surface area contributed by atoms with Crippen LogP contribution in [-0.2, 0) is 4.74 Å². The zero-order valence-corrected chi connectivity index (χ0v) is 13.5. The first-order chi connectivity index (χ1) is 12.6. The number of benzene rings is 1. The number of alkyl halides is 1. The van der Waals surface area contributed by atoms with Gasteiger partial charge < -0.3 is 20.5 Å². The molecule has 8 nitrogen and oxygen atoms in total. The maximum Gasteiger partial charge on any atom is 0.282 e. The van der Waals surface area contributed by atoms with Crippen LogP contribution in [0.3, 0.4) is 0 Å². The second-order valence-corrected chi connectivity index (χ2v) is 5.30. The van der Waals surface area contributed by atoms with Gasteiger partial charge in [0.25, 0.3) is 11.9 Å². The SMILES string of the molecule is NC1=NC(c2cc(NC(=O)c3cnc(OCF)cn3)ccc2F)CCO1. The van der Waals surface area contributed by atoms with E-state index in [1.807, 2.05) is 0 Å². The first-order valence-electron chi connectivity index (χ1n) is 7.64. The van der Waals surface area contributed by atoms with Gasteiger partial charge in [-0.3, -0.25) is 4.79 Å². The molecule has 0 saturated heterocycles. The summed E-state index contributed by atoms with van der Waals surface area (Å²) in [7, 11) is 0. The molecule has 0 radical (unpaired) electrons. The van der Waals surface area contributed by atoms with Gasteiger partial charge in [0.05, 0.1) is 25.0 Å². The average molecular weight is 363 g/mol. The molecule has 0 fully saturated rings. The Morgan fingerprint density at radius 2 is 2.23 bits per heavy atom. The molecular formula is C16H15F2N5O3. The number of anilines is 1. The van der Waals surface area contributed by atoms with Crippen molar-refractivity contribution >= 4 is 17.6 Å². The molecule has 2 aromatic rings. The van der Waals surface area contributed by atoms with Crippen molar-refractivity contribution in [3.8, 4) is 5.88 Å². The number of rotatable bonds is 5. The second-order valence-electron chi connectivity index (χ2n) is 5.30. The number of hydrogen-bond acceptors (Lipinski definition) is 7. The molecule has 136 valence electrons. The average Bonchev–Trinajstić information content (AvgIpc) is 2.64. The number of nitrogens with one attached hydrogen (secondary N) is 1. The van der Waals surface area contributed by atoms with E-state index < -0.39 is 24.6 Å². The number of nitrogens with two attached hydrogens (primary N) is 1. The van der Waals surface area contributed by atoms with Gasteiger partial charge in [0.15, 0.2) is 0 Å². The fourth-order valence-corrected chi connectivity index (χ4v) is 2.39. The van der Waals surface area contributed by atoms with Gasteiger partial charge in [-0.25, -0.2) is 23.7 Å². The molecule has 3 N–H and O–H groups in total. The highest BCUT2D eigenvalue weighted by atomic mass is 19.1. The number of hydrogen-bond donors (Lipinski definition) is 2. The van der Waals surface area contributed by atoms with E-state index >= 15 is 0 Å². The highest BCUT2D eigenvalue weighted by Crippen LogP contribution is 2.28. The molecule has 2 heterocycles. The Balaban J connectivity index is 1.76. The van der Waals surface area contributed by atoms with Gasteiger partial charge in [-0.2, -0.15) is 0 Å². The smallest absolute Gasteiger partial charge is 0.282 e. The molecule has 1 aliphatic heterocycles. The number of amidine groups is 1. The minimum atomic E-state index is -1.04. The summed E-state index contributed by atoms with van der Waals surface area (Å²) in [5.41, 5.74) is 6.18. The third kappa shape index (κ3) is 4.02. The number of amides is 1. The minimum Gasteiger partial charge on any atom is -0.465 e. The van der Waals surface area contributed by atoms with Gasteiger partial charge in [0.1, 0.15) is 11.5 Å². The molecule has 1 atom stereocenters. The maximum absolute atomic E-state index is 14.1. The number of carbonyl (C=O) groups is 1. The normalized spacial score (nSPS) is 16.4. The largest absolute Gasteiger partial charge is 0.465 e. The lowest BCUT2D eigenvalue weighted by Crippen LogP contribution is -2.24. The first kappa shape index (κ1) is 17.5. The summed E-state index contributed by atoms with van der Waals surface area (Å²) in [5.74, 6) is -1.06. The van der Waals surface area contributed by atoms with Crippen molar-refractivity contribution in [3.05, 3.63) is 47.7 Å². The minimum absolute atomic E-state index is 0.000881. The Morgan fingerprint density at radius 1 is 1.38 bits per heavy atom. The predicted molar refractivity (Wildman–Crippen MR) is 87.9 cm³/mol. The summed E-state index contributed by atoms with van der Waals surface area (Å²) in [5, 5.41) is 2.59. The van der Waals surface area contributed by atoms with Gasteiger partial charge in [0.2, 0.25) is 12.7 Å². The molecule has 10 heteroatoms. The molecular weight excluding hydrogens is 348 g/mol. The zero-order chi connectivity index (χ0) is 18.5. The molecule has 1 amide bonds. The first-order valence-corrected chi connectivity index (χ1v) is 7.64. The number of carbonyl (C=O) groups excluding carboxylic acids is 1. The quantitative estimate of drug-likeness (QED) is 0.840. The second kappa shape index (κ2) is 7.72. The maximum atomic E-state index is 14.1. The standard InChI is InChI=1S/C16H15F2N5O3/c17-8-26-14-7-20-13(6-21-14)15(24)22-9-1-2-11(18)10(5-9)12-3-4-25-16(19)23-12/h1-2,5-7,12H,3-4,8H2,(H2,19,23)(H,22,24). The number of aliphatic imine (C=N–C) groups is 1. The molecule has 1 aromatic heterocycles. The van der Waals surface area contributed by atoms with Crippen LogP contribution in [0.4, 0.5) is 14.5 Å². The molecule has 1 aromatic carbocycles. The summed E-state index contributed by atoms with van der Waals surface area (Å²) in [6, 6.07) is 3.64. The lowest BCUT2D eigenvalue weighted by atomic mass is 10.0. The van der Waals surface area contributed by atoms with Gasteiger partial charge >= 0.3 is 0 Å². The number of nitrogens with zero attached hydrogens (tertiary/aromatic N) is 3. The number of aromatic nitrogens is 2. The third-order valence-corrected chi connectivity index (χ3v) is 3.60. The molecule has 26 heavy (non-hydrogen) atoms. The molecule has 3 rings (SSSR count). The van der Waals surface area contributed by atoms with Gasteiger partial charge in [-0.1, -0.05) is 0 Å². The summed E-state index contributed by atoms with van der Waals surface area (Å²) >= 11 is 0. The Bertz CT molecular complexity index is 829. The van der Waals surface area contributed by atoms with Crippen LogP contribution in [0, 0.1) is 5.82 Å². The summed E-state index contributed by atoms with van der Waals surface area (Å²) in [6.07, 6.45) is 2.74. The van der Waals surface area contributed by atoms with Crippen LogP contribution in [0.15, 0.2) is 35.6 Å². The molecule has 1 aliphatic rings. The lowest BCUT2D eigenvalue weighted by molar-refractivity contribution is 0.102. The summed E-state index contributed by atoms with van der Waals surface area (Å²) < 4.78 is 35.7. The van der Waals surface area contributed by atoms with Gasteiger partial charge in [-0.15, -0.1) is 0 Å². The van der Waals surface area contributed by atoms with Gasteiger partial charge in [0, 0.05) is 17.7 Å². The van der Waals surface area contributed by atoms with E-state index in [2.05, 4.69) is 25.0 Å². The van der Waals surface area contributed by atoms with E-state index in [1.54, 1.807) is 0 Å². The van der Waals surface area contributed by atoms with Crippen LogP contribution in [-0.4, -0.2) is 35.4 Å². The molecule has 0 bridgehead atoms. The van der Waals surface area contributed by atoms with E-state index in [0.717, 1.165) is 12.4 Å². The Kier molecular flexibility index (Phi) is 5.20. The van der Waals surface area contributed by atoms with Crippen LogP contribution < -0.4 is 15.8 Å². The number of halogens is 2. The highest BCUT2D eigenvalue weighted by molar-refractivity contribution is 6.02. The van der Waals surface area contributed by atoms with E-state index in [1.165, 1.54) is 18.2 Å². The van der Waals surface area contributed by atoms with Crippen molar-refractivity contribution in [2.24, 2.45) is 10.7 Å². The fraction of sp³-hybridized carbons (Fsp3) is 0.250. The lowest BCUT2D eigenvalue weighted by Gasteiger charge is -2.20. The highest BCUT2D eigenvalue weighted by Gasteiger charge is 2.20. The van der Waals surface area contributed by atoms with Crippen molar-refractivity contribution in [2.75, 3.05) is 18.8 Å². The van der Waals surface area contributed by atoms with Crippen LogP contribution >= 0.6 is 0 Å². The van der Waals surface area contributed by atoms with Gasteiger partial charge in [-0.05, 0) is 18.2 Å². The van der Waals surface area contributed by atoms with Crippen LogP contribution in [0.5, 0.6) is 5.88 Å². The monoisotopic (exact) mass is 363 g/mol. The van der Waals surface area contributed by atoms with E-state index in [-0.39, 0.29) is 17.6 Å². The Morgan fingerprint density at radius 3 is 2.92 bits per heavy atom. The van der Waals surface area contributed by atoms with Crippen molar-refractivity contribution in [2.45, 2.75) is 12.5 Å². The van der Waals surface area contributed by atoms with Crippen LogP contribution in [0.1, 0.15) is 28.5 Å². The van der Waals surface area contributed by atoms with E-state index in [9.17, 15) is 13.6 Å². The summed E-state index contributed by atoms with van der Waals surface area (Å²) in [4.78, 5) is 23.9. The molecule has 0 spiro atoms. The van der Waals surface area contributed by atoms with Crippen molar-refractivity contribution in [1.29, 1.82) is 0 Å². The number of ether oxygens (including phenoxy) is 2. The Hall–Kier alpha value is -3.30. The van der Waals surface area contributed by atoms with E-state index in [4.69, 9.17) is 10.5 Å².